The lowest BCUT2D eigenvalue weighted by molar-refractivity contribution is -0.139. The largest absolute Gasteiger partial charge is 0.482 e. The Bertz CT molecular complexity index is 1130. The molecule has 1 aliphatic carbocycles. The van der Waals surface area contributed by atoms with Gasteiger partial charge >= 0.3 is 12.1 Å². The van der Waals surface area contributed by atoms with Crippen molar-refractivity contribution in [2.75, 3.05) is 18.1 Å². The number of para-hydroxylation sites is 2. The van der Waals surface area contributed by atoms with Crippen LogP contribution < -0.4 is 9.64 Å². The lowest BCUT2D eigenvalue weighted by Gasteiger charge is -2.25. The lowest BCUT2D eigenvalue weighted by Crippen LogP contribution is -2.32. The van der Waals surface area contributed by atoms with E-state index in [1.54, 1.807) is 11.0 Å². The number of carbonyl (C=O) groups excluding carboxylic acids is 1. The maximum atomic E-state index is 13.2. The molecule has 33 heavy (non-hydrogen) atoms. The highest BCUT2D eigenvalue weighted by atomic mass is 16.6. The first kappa shape index (κ1) is 21.0. The Morgan fingerprint density at radius 2 is 1.64 bits per heavy atom. The average molecular weight is 445 g/mol. The van der Waals surface area contributed by atoms with Crippen molar-refractivity contribution in [1.82, 2.24) is 0 Å². The minimum Gasteiger partial charge on any atom is -0.482 e. The summed E-state index contributed by atoms with van der Waals surface area (Å²) in [5, 5.41) is 8.91. The number of hydrogen-bond donors (Lipinski definition) is 1. The number of benzene rings is 3. The van der Waals surface area contributed by atoms with Gasteiger partial charge in [-0.05, 0) is 48.7 Å². The number of anilines is 2. The van der Waals surface area contributed by atoms with Crippen molar-refractivity contribution in [1.29, 1.82) is 0 Å². The molecule has 1 aliphatic heterocycles. The molecular weight excluding hydrogens is 422 g/mol. The van der Waals surface area contributed by atoms with Crippen LogP contribution in [0.4, 0.5) is 16.2 Å². The minimum absolute atomic E-state index is 0.131. The number of ether oxygens (including phenoxy) is 3. The summed E-state index contributed by atoms with van der Waals surface area (Å²) in [4.78, 5) is 25.6. The van der Waals surface area contributed by atoms with Crippen LogP contribution in [-0.2, 0) is 20.7 Å². The fourth-order valence-electron chi connectivity index (χ4n) is 4.39. The van der Waals surface area contributed by atoms with E-state index in [9.17, 15) is 9.59 Å². The van der Waals surface area contributed by atoms with Crippen molar-refractivity contribution < 1.29 is 28.9 Å². The van der Waals surface area contributed by atoms with Crippen molar-refractivity contribution >= 4 is 23.4 Å². The molecule has 2 aliphatic rings. The monoisotopic (exact) mass is 445 g/mol. The molecule has 0 aromatic heterocycles. The first-order valence-electron chi connectivity index (χ1n) is 10.8. The molecule has 2 unspecified atom stereocenters. The summed E-state index contributed by atoms with van der Waals surface area (Å²) in [5.41, 5.74) is 2.79. The van der Waals surface area contributed by atoms with Gasteiger partial charge in [-0.15, -0.1) is 0 Å². The predicted molar refractivity (Wildman–Crippen MR) is 121 cm³/mol. The van der Waals surface area contributed by atoms with Crippen LogP contribution >= 0.6 is 0 Å². The van der Waals surface area contributed by atoms with Gasteiger partial charge in [-0.3, -0.25) is 0 Å². The molecule has 7 nitrogen and oxygen atoms in total. The molecule has 2 atom stereocenters. The van der Waals surface area contributed by atoms with Crippen LogP contribution in [-0.4, -0.2) is 36.0 Å². The van der Waals surface area contributed by atoms with Crippen LogP contribution in [0.3, 0.4) is 0 Å². The van der Waals surface area contributed by atoms with Crippen molar-refractivity contribution in [3.63, 3.8) is 0 Å². The van der Waals surface area contributed by atoms with Crippen molar-refractivity contribution in [2.45, 2.75) is 24.5 Å². The number of fused-ring (bicyclic) bond motifs is 3. The van der Waals surface area contributed by atoms with E-state index in [0.717, 1.165) is 11.1 Å². The third kappa shape index (κ3) is 4.15. The van der Waals surface area contributed by atoms with E-state index in [2.05, 4.69) is 0 Å². The lowest BCUT2D eigenvalue weighted by atomic mass is 9.84. The highest BCUT2D eigenvalue weighted by Crippen LogP contribution is 2.58. The topological polar surface area (TPSA) is 88.6 Å². The molecule has 7 heteroatoms. The molecule has 1 fully saturated rings. The zero-order valence-corrected chi connectivity index (χ0v) is 17.8. The Kier molecular flexibility index (Phi) is 5.48. The SMILES string of the molecule is O=C(O)COc1cccc2c1CCC1(COC(=O)N(c3ccccc3)c3ccccc3)OC21. The van der Waals surface area contributed by atoms with Crippen LogP contribution in [0.2, 0.25) is 0 Å². The summed E-state index contributed by atoms with van der Waals surface area (Å²) in [6.07, 6.45) is 0.632. The smallest absolute Gasteiger partial charge is 0.419 e. The quantitative estimate of drug-likeness (QED) is 0.522. The molecule has 1 amide bonds. The van der Waals surface area contributed by atoms with Crippen LogP contribution in [0.15, 0.2) is 78.9 Å². The highest BCUT2D eigenvalue weighted by Gasteiger charge is 2.61. The van der Waals surface area contributed by atoms with Crippen LogP contribution in [0.1, 0.15) is 23.7 Å². The number of aliphatic carboxylic acids is 1. The molecule has 168 valence electrons. The Balaban J connectivity index is 1.31. The fourth-order valence-corrected chi connectivity index (χ4v) is 4.39. The van der Waals surface area contributed by atoms with Gasteiger partial charge in [-0.1, -0.05) is 48.5 Å². The number of nitrogens with zero attached hydrogens (tertiary/aromatic N) is 1. The van der Waals surface area contributed by atoms with Gasteiger partial charge in [0.25, 0.3) is 0 Å². The van der Waals surface area contributed by atoms with Crippen LogP contribution in [0.25, 0.3) is 0 Å². The first-order valence-corrected chi connectivity index (χ1v) is 10.8. The van der Waals surface area contributed by atoms with E-state index in [4.69, 9.17) is 19.3 Å². The highest BCUT2D eigenvalue weighted by molar-refractivity contribution is 5.95. The van der Waals surface area contributed by atoms with Crippen molar-refractivity contribution in [3.05, 3.63) is 90.0 Å². The van der Waals surface area contributed by atoms with E-state index in [0.29, 0.717) is 30.0 Å². The molecule has 1 N–H and O–H groups in total. The third-order valence-corrected chi connectivity index (χ3v) is 6.03. The Morgan fingerprint density at radius 3 is 2.27 bits per heavy atom. The summed E-state index contributed by atoms with van der Waals surface area (Å²) in [6, 6.07) is 24.3. The Labute approximate surface area is 191 Å². The Morgan fingerprint density at radius 1 is 0.970 bits per heavy atom. The van der Waals surface area contributed by atoms with Gasteiger partial charge < -0.3 is 19.3 Å². The van der Waals surface area contributed by atoms with E-state index < -0.39 is 17.7 Å². The summed E-state index contributed by atoms with van der Waals surface area (Å²) in [7, 11) is 0. The molecule has 0 saturated carbocycles. The first-order chi connectivity index (χ1) is 16.1. The number of hydrogen-bond acceptors (Lipinski definition) is 5. The van der Waals surface area contributed by atoms with Gasteiger partial charge in [0.05, 0.1) is 11.4 Å². The maximum Gasteiger partial charge on any atom is 0.419 e. The molecule has 1 saturated heterocycles. The number of rotatable bonds is 7. The van der Waals surface area contributed by atoms with Gasteiger partial charge in [-0.2, -0.15) is 0 Å². The molecule has 1 heterocycles. The summed E-state index contributed by atoms with van der Waals surface area (Å²) in [5.74, 6) is -0.455. The van der Waals surface area contributed by atoms with Crippen molar-refractivity contribution in [2.24, 2.45) is 0 Å². The average Bonchev–Trinajstić information content (AvgIpc) is 3.59. The second kappa shape index (κ2) is 8.60. The van der Waals surface area contributed by atoms with Crippen LogP contribution in [0.5, 0.6) is 5.75 Å². The normalized spacial score (nSPS) is 20.2. The molecule has 0 bridgehead atoms. The standard InChI is InChI=1S/C26H23NO6/c28-23(29)16-31-22-13-7-12-21-20(22)14-15-26(24(21)33-26)17-32-25(30)27(18-8-3-1-4-9-18)19-10-5-2-6-11-19/h1-13,24H,14-17H2,(H,28,29). The second-order valence-corrected chi connectivity index (χ2v) is 8.13. The number of amides is 1. The van der Waals surface area contributed by atoms with Gasteiger partial charge in [0.15, 0.2) is 6.61 Å². The molecule has 0 radical (unpaired) electrons. The molecular formula is C26H23NO6. The van der Waals surface area contributed by atoms with E-state index in [-0.39, 0.29) is 19.3 Å². The van der Waals surface area contributed by atoms with Crippen molar-refractivity contribution in [3.8, 4) is 5.75 Å². The molecule has 3 aromatic carbocycles. The maximum absolute atomic E-state index is 13.2. The summed E-state index contributed by atoms with van der Waals surface area (Å²) >= 11 is 0. The van der Waals surface area contributed by atoms with E-state index in [1.165, 1.54) is 0 Å². The fraction of sp³-hybridized carbons (Fsp3) is 0.231. The second-order valence-electron chi connectivity index (χ2n) is 8.13. The summed E-state index contributed by atoms with van der Waals surface area (Å²) in [6.45, 7) is -0.258. The Hall–Kier alpha value is -3.84. The van der Waals surface area contributed by atoms with Crippen LogP contribution in [0, 0.1) is 0 Å². The predicted octanol–water partition coefficient (Wildman–Crippen LogP) is 4.88. The number of carboxylic acids is 1. The summed E-state index contributed by atoms with van der Waals surface area (Å²) < 4.78 is 17.3. The molecule has 3 aromatic rings. The van der Waals surface area contributed by atoms with Gasteiger partial charge in [0, 0.05) is 5.56 Å². The van der Waals surface area contributed by atoms with Gasteiger partial charge in [0.1, 0.15) is 24.1 Å². The number of carboxylic acid groups (broad SMARTS) is 1. The van der Waals surface area contributed by atoms with E-state index in [1.807, 2.05) is 72.8 Å². The number of epoxide rings is 1. The minimum atomic E-state index is -1.02. The van der Waals surface area contributed by atoms with E-state index >= 15 is 0 Å². The molecule has 5 rings (SSSR count). The molecule has 0 spiro atoms. The third-order valence-electron chi connectivity index (χ3n) is 6.03. The zero-order chi connectivity index (χ0) is 22.8. The number of carbonyl (C=O) groups is 2. The zero-order valence-electron chi connectivity index (χ0n) is 17.8. The van der Waals surface area contributed by atoms with Gasteiger partial charge in [-0.25, -0.2) is 14.5 Å². The van der Waals surface area contributed by atoms with Gasteiger partial charge in [0.2, 0.25) is 0 Å².